The fraction of sp³-hybridized carbons (Fsp3) is 0.500. The first-order valence-electron chi connectivity index (χ1n) is 7.71. The second-order valence-electron chi connectivity index (χ2n) is 6.05. The molecule has 1 atom stereocenters. The Balaban J connectivity index is 1.55. The average molecular weight is 339 g/mol. The number of benzene rings is 1. The predicted molar refractivity (Wildman–Crippen MR) is 84.4 cm³/mol. The molecule has 2 N–H and O–H groups in total. The van der Waals surface area contributed by atoms with Gasteiger partial charge in [0.05, 0.1) is 6.54 Å². The number of hydrogen-bond acceptors (Lipinski definition) is 4. The second-order valence-corrected chi connectivity index (χ2v) is 6.49. The van der Waals surface area contributed by atoms with Gasteiger partial charge in [0.25, 0.3) is 5.91 Å². The zero-order chi connectivity index (χ0) is 16.4. The van der Waals surface area contributed by atoms with Crippen molar-refractivity contribution < 1.29 is 19.4 Å². The third kappa shape index (κ3) is 3.28. The molecule has 1 aliphatic heterocycles. The highest BCUT2D eigenvalue weighted by atomic mass is 35.5. The molecule has 7 heteroatoms. The minimum Gasteiger partial charge on any atom is -0.491 e. The van der Waals surface area contributed by atoms with Gasteiger partial charge in [-0.2, -0.15) is 0 Å². The van der Waals surface area contributed by atoms with Crippen molar-refractivity contribution in [3.63, 3.8) is 0 Å². The van der Waals surface area contributed by atoms with Crippen LogP contribution < -0.4 is 10.1 Å². The number of nitrogens with zero attached hydrogens (tertiary/aromatic N) is 1. The molecule has 1 saturated heterocycles. The van der Waals surface area contributed by atoms with Crippen LogP contribution >= 0.6 is 11.6 Å². The molecule has 1 saturated carbocycles. The van der Waals surface area contributed by atoms with E-state index < -0.39 is 17.7 Å². The van der Waals surface area contributed by atoms with Crippen LogP contribution in [0.15, 0.2) is 24.3 Å². The standard InChI is InChI=1S/C16H19ClN2O4/c17-11-3-5-13(6-4-11)23-10-12(20)9-19-14(21)16(18-15(19)22)7-1-2-8-16/h3-6,12,20H,1-2,7-10H2,(H,18,22)/t12-/m1/s1. The molecule has 0 radical (unpaired) electrons. The van der Waals surface area contributed by atoms with Crippen molar-refractivity contribution >= 4 is 23.5 Å². The number of carbonyl (C=O) groups is 2. The van der Waals surface area contributed by atoms with Crippen LogP contribution in [0.1, 0.15) is 25.7 Å². The lowest BCUT2D eigenvalue weighted by Gasteiger charge is -2.21. The van der Waals surface area contributed by atoms with Crippen molar-refractivity contribution in [2.75, 3.05) is 13.2 Å². The Morgan fingerprint density at radius 1 is 1.26 bits per heavy atom. The van der Waals surface area contributed by atoms with Crippen molar-refractivity contribution in [1.82, 2.24) is 10.2 Å². The van der Waals surface area contributed by atoms with Crippen molar-refractivity contribution in [3.8, 4) is 5.75 Å². The molecule has 1 spiro atoms. The van der Waals surface area contributed by atoms with E-state index in [4.69, 9.17) is 16.3 Å². The van der Waals surface area contributed by atoms with Crippen LogP contribution in [-0.4, -0.2) is 46.7 Å². The van der Waals surface area contributed by atoms with E-state index >= 15 is 0 Å². The zero-order valence-corrected chi connectivity index (χ0v) is 13.4. The van der Waals surface area contributed by atoms with Gasteiger partial charge in [-0.1, -0.05) is 24.4 Å². The van der Waals surface area contributed by atoms with Gasteiger partial charge in [0.15, 0.2) is 0 Å². The first kappa shape index (κ1) is 16.1. The lowest BCUT2D eigenvalue weighted by molar-refractivity contribution is -0.132. The Morgan fingerprint density at radius 3 is 2.57 bits per heavy atom. The van der Waals surface area contributed by atoms with E-state index in [-0.39, 0.29) is 19.1 Å². The number of imide groups is 1. The van der Waals surface area contributed by atoms with Crippen LogP contribution in [0.3, 0.4) is 0 Å². The molecule has 2 fully saturated rings. The molecule has 0 bridgehead atoms. The van der Waals surface area contributed by atoms with Crippen molar-refractivity contribution in [2.24, 2.45) is 0 Å². The number of aliphatic hydroxyl groups is 1. The van der Waals surface area contributed by atoms with Crippen LogP contribution in [0.5, 0.6) is 5.75 Å². The molecule has 124 valence electrons. The first-order chi connectivity index (χ1) is 11.0. The molecule has 2 aliphatic rings. The van der Waals surface area contributed by atoms with Gasteiger partial charge in [-0.25, -0.2) is 4.79 Å². The predicted octanol–water partition coefficient (Wildman–Crippen LogP) is 1.94. The minimum atomic E-state index is -0.947. The summed E-state index contributed by atoms with van der Waals surface area (Å²) in [4.78, 5) is 25.6. The number of halogens is 1. The summed E-state index contributed by atoms with van der Waals surface area (Å²) < 4.78 is 5.44. The van der Waals surface area contributed by atoms with E-state index in [1.54, 1.807) is 24.3 Å². The molecule has 23 heavy (non-hydrogen) atoms. The largest absolute Gasteiger partial charge is 0.491 e. The molecule has 1 aromatic carbocycles. The van der Waals surface area contributed by atoms with E-state index in [9.17, 15) is 14.7 Å². The Morgan fingerprint density at radius 2 is 1.91 bits per heavy atom. The van der Waals surface area contributed by atoms with Gasteiger partial charge < -0.3 is 15.2 Å². The van der Waals surface area contributed by atoms with Crippen molar-refractivity contribution in [1.29, 1.82) is 0 Å². The molecule has 3 amide bonds. The van der Waals surface area contributed by atoms with E-state index in [1.807, 2.05) is 0 Å². The Hall–Kier alpha value is -1.79. The third-order valence-corrected chi connectivity index (χ3v) is 4.60. The summed E-state index contributed by atoms with van der Waals surface area (Å²) >= 11 is 5.79. The van der Waals surface area contributed by atoms with Gasteiger partial charge in [0.2, 0.25) is 0 Å². The van der Waals surface area contributed by atoms with Crippen LogP contribution in [-0.2, 0) is 4.79 Å². The highest BCUT2D eigenvalue weighted by molar-refractivity contribution is 6.30. The molecule has 1 aliphatic carbocycles. The summed E-state index contributed by atoms with van der Waals surface area (Å²) in [5.74, 6) is 0.337. The maximum atomic E-state index is 12.5. The first-order valence-corrected chi connectivity index (χ1v) is 8.08. The maximum absolute atomic E-state index is 12.5. The molecule has 1 aromatic rings. The summed E-state index contributed by atoms with van der Waals surface area (Å²) in [5, 5.41) is 13.4. The molecule has 0 aromatic heterocycles. The van der Waals surface area contributed by atoms with Crippen molar-refractivity contribution in [3.05, 3.63) is 29.3 Å². The van der Waals surface area contributed by atoms with E-state index in [1.165, 1.54) is 0 Å². The Labute approximate surface area is 139 Å². The fourth-order valence-electron chi connectivity index (χ4n) is 3.15. The molecular formula is C16H19ClN2O4. The lowest BCUT2D eigenvalue weighted by Crippen LogP contribution is -2.45. The van der Waals surface area contributed by atoms with Gasteiger partial charge in [0, 0.05) is 5.02 Å². The number of aliphatic hydroxyl groups excluding tert-OH is 1. The summed E-state index contributed by atoms with van der Waals surface area (Å²) in [6.07, 6.45) is 2.26. The topological polar surface area (TPSA) is 78.9 Å². The zero-order valence-electron chi connectivity index (χ0n) is 12.6. The van der Waals surface area contributed by atoms with Gasteiger partial charge in [-0.05, 0) is 37.1 Å². The summed E-state index contributed by atoms with van der Waals surface area (Å²) in [6, 6.07) is 6.32. The Bertz CT molecular complexity index is 599. The summed E-state index contributed by atoms with van der Waals surface area (Å²) in [5.41, 5.74) is -0.742. The van der Waals surface area contributed by atoms with Crippen LogP contribution in [0.2, 0.25) is 5.02 Å². The smallest absolute Gasteiger partial charge is 0.325 e. The third-order valence-electron chi connectivity index (χ3n) is 4.35. The summed E-state index contributed by atoms with van der Waals surface area (Å²) in [7, 11) is 0. The molecule has 6 nitrogen and oxygen atoms in total. The SMILES string of the molecule is O=C1NC2(CCCC2)C(=O)N1C[C@@H](O)COc1ccc(Cl)cc1. The van der Waals surface area contributed by atoms with Gasteiger partial charge in [0.1, 0.15) is 24.0 Å². The Kier molecular flexibility index (Phi) is 4.46. The van der Waals surface area contributed by atoms with E-state index in [0.29, 0.717) is 23.6 Å². The fourth-order valence-corrected chi connectivity index (χ4v) is 3.27. The van der Waals surface area contributed by atoms with Gasteiger partial charge in [-0.3, -0.25) is 9.69 Å². The number of β-amino-alcohol motifs (C(OH)–C–C–N with tert-alkyl or cyclic N) is 1. The highest BCUT2D eigenvalue weighted by Crippen LogP contribution is 2.35. The quantitative estimate of drug-likeness (QED) is 0.804. The maximum Gasteiger partial charge on any atom is 0.325 e. The van der Waals surface area contributed by atoms with Crippen LogP contribution in [0, 0.1) is 0 Å². The number of carbonyl (C=O) groups excluding carboxylic acids is 2. The minimum absolute atomic E-state index is 0.00824. The number of amides is 3. The number of ether oxygens (including phenoxy) is 1. The second kappa shape index (κ2) is 6.37. The van der Waals surface area contributed by atoms with Crippen LogP contribution in [0.25, 0.3) is 0 Å². The molecule has 1 heterocycles. The van der Waals surface area contributed by atoms with Gasteiger partial charge in [-0.15, -0.1) is 0 Å². The lowest BCUT2D eigenvalue weighted by atomic mass is 9.98. The number of nitrogens with one attached hydrogen (secondary N) is 1. The molecule has 3 rings (SSSR count). The normalized spacial score (nSPS) is 20.9. The monoisotopic (exact) mass is 338 g/mol. The van der Waals surface area contributed by atoms with Crippen molar-refractivity contribution in [2.45, 2.75) is 37.3 Å². The average Bonchev–Trinajstić information content (AvgIpc) is 3.08. The number of rotatable bonds is 5. The van der Waals surface area contributed by atoms with Gasteiger partial charge >= 0.3 is 6.03 Å². The van der Waals surface area contributed by atoms with Crippen LogP contribution in [0.4, 0.5) is 4.79 Å². The summed E-state index contributed by atoms with van der Waals surface area (Å²) in [6.45, 7) is -0.0777. The number of urea groups is 1. The molecule has 0 unspecified atom stereocenters. The highest BCUT2D eigenvalue weighted by Gasteiger charge is 2.52. The number of hydrogen-bond donors (Lipinski definition) is 2. The van der Waals surface area contributed by atoms with E-state index in [2.05, 4.69) is 5.32 Å². The van der Waals surface area contributed by atoms with E-state index in [0.717, 1.165) is 17.7 Å². The molecular weight excluding hydrogens is 320 g/mol.